The van der Waals surface area contributed by atoms with Crippen LogP contribution in [0.3, 0.4) is 0 Å². The molecule has 0 aromatic heterocycles. The number of ether oxygens (including phenoxy) is 1. The van der Waals surface area contributed by atoms with E-state index in [1.165, 1.54) is 6.08 Å². The quantitative estimate of drug-likeness (QED) is 0.327. The minimum absolute atomic E-state index is 0.143. The summed E-state index contributed by atoms with van der Waals surface area (Å²) in [6.45, 7) is 0.285. The summed E-state index contributed by atoms with van der Waals surface area (Å²) < 4.78 is 4.99. The summed E-state index contributed by atoms with van der Waals surface area (Å²) in [5, 5.41) is 8.46. The molecule has 0 fully saturated rings. The van der Waals surface area contributed by atoms with Crippen molar-refractivity contribution >= 4 is 24.3 Å². The number of rotatable bonds is 9. The third kappa shape index (κ3) is 7.67. The van der Waals surface area contributed by atoms with Gasteiger partial charge in [0.25, 0.3) is 0 Å². The third-order valence-electron chi connectivity index (χ3n) is 2.76. The summed E-state index contributed by atoms with van der Waals surface area (Å²) in [6, 6.07) is 6.81. The van der Waals surface area contributed by atoms with Gasteiger partial charge in [-0.3, -0.25) is 9.59 Å². The minimum atomic E-state index is -0.810. The van der Waals surface area contributed by atoms with E-state index in [9.17, 15) is 14.4 Å². The Balaban J connectivity index is 2.21. The number of unbranched alkanes of at least 4 members (excludes halogenated alkanes) is 2. The largest absolute Gasteiger partial charge is 0.481 e. The van der Waals surface area contributed by atoms with E-state index >= 15 is 0 Å². The molecule has 1 rings (SSSR count). The highest BCUT2D eigenvalue weighted by atomic mass is 16.5. The van der Waals surface area contributed by atoms with Crippen molar-refractivity contribution in [2.45, 2.75) is 25.7 Å². The Labute approximate surface area is 123 Å². The molecule has 0 heterocycles. The Kier molecular flexibility index (Phi) is 7.50. The molecular formula is C16H18O5. The number of carboxylic acids is 1. The molecule has 5 nitrogen and oxygen atoms in total. The normalized spacial score (nSPS) is 10.5. The molecule has 1 aromatic rings. The van der Waals surface area contributed by atoms with Crippen LogP contribution in [0.1, 0.15) is 41.6 Å². The molecule has 0 saturated carbocycles. The van der Waals surface area contributed by atoms with Gasteiger partial charge >= 0.3 is 11.9 Å². The van der Waals surface area contributed by atoms with Gasteiger partial charge in [0.05, 0.1) is 6.61 Å². The molecule has 0 saturated heterocycles. The van der Waals surface area contributed by atoms with Crippen LogP contribution >= 0.6 is 0 Å². The molecule has 0 unspecified atom stereocenters. The number of carbonyl (C=O) groups is 3. The first-order valence-corrected chi connectivity index (χ1v) is 6.73. The third-order valence-corrected chi connectivity index (χ3v) is 2.76. The molecule has 0 radical (unpaired) electrons. The fourth-order valence-corrected chi connectivity index (χ4v) is 1.63. The van der Waals surface area contributed by atoms with Crippen molar-refractivity contribution in [2.24, 2.45) is 0 Å². The first kappa shape index (κ1) is 16.6. The lowest BCUT2D eigenvalue weighted by molar-refractivity contribution is -0.139. The smallest absolute Gasteiger partial charge is 0.330 e. The average molecular weight is 290 g/mol. The fraction of sp³-hybridized carbons (Fsp3) is 0.312. The summed E-state index contributed by atoms with van der Waals surface area (Å²) in [4.78, 5) is 32.2. The summed E-state index contributed by atoms with van der Waals surface area (Å²) >= 11 is 0. The van der Waals surface area contributed by atoms with Gasteiger partial charge < -0.3 is 9.84 Å². The van der Waals surface area contributed by atoms with Gasteiger partial charge in [-0.15, -0.1) is 0 Å². The fourth-order valence-electron chi connectivity index (χ4n) is 1.63. The molecule has 0 bridgehead atoms. The minimum Gasteiger partial charge on any atom is -0.481 e. The number of carboxylic acid groups (broad SMARTS) is 1. The first-order valence-electron chi connectivity index (χ1n) is 6.73. The highest BCUT2D eigenvalue weighted by Gasteiger charge is 1.99. The van der Waals surface area contributed by atoms with Gasteiger partial charge in [0, 0.05) is 18.1 Å². The first-order chi connectivity index (χ1) is 10.1. The van der Waals surface area contributed by atoms with Crippen LogP contribution in [-0.2, 0) is 14.3 Å². The average Bonchev–Trinajstić information content (AvgIpc) is 2.49. The molecule has 0 aliphatic carbocycles. The van der Waals surface area contributed by atoms with E-state index in [2.05, 4.69) is 0 Å². The lowest BCUT2D eigenvalue weighted by Gasteiger charge is -2.01. The molecular weight excluding hydrogens is 272 g/mol. The van der Waals surface area contributed by atoms with E-state index in [1.54, 1.807) is 30.3 Å². The molecule has 1 aromatic carbocycles. The van der Waals surface area contributed by atoms with Gasteiger partial charge in [-0.1, -0.05) is 24.3 Å². The van der Waals surface area contributed by atoms with Gasteiger partial charge in [0.1, 0.15) is 6.29 Å². The van der Waals surface area contributed by atoms with Crippen molar-refractivity contribution in [1.82, 2.24) is 0 Å². The maximum atomic E-state index is 11.4. The molecule has 21 heavy (non-hydrogen) atoms. The van der Waals surface area contributed by atoms with Crippen LogP contribution in [0.15, 0.2) is 30.3 Å². The summed E-state index contributed by atoms with van der Waals surface area (Å²) in [5.74, 6) is -1.25. The van der Waals surface area contributed by atoms with Crippen molar-refractivity contribution < 1.29 is 24.2 Å². The Morgan fingerprint density at radius 2 is 1.71 bits per heavy atom. The van der Waals surface area contributed by atoms with E-state index in [0.29, 0.717) is 18.4 Å². The zero-order valence-corrected chi connectivity index (χ0v) is 11.7. The van der Waals surface area contributed by atoms with Crippen LogP contribution in [0, 0.1) is 0 Å². The van der Waals surface area contributed by atoms with Crippen molar-refractivity contribution in [2.75, 3.05) is 6.61 Å². The maximum absolute atomic E-state index is 11.4. The Morgan fingerprint density at radius 3 is 2.33 bits per heavy atom. The monoisotopic (exact) mass is 290 g/mol. The van der Waals surface area contributed by atoms with Gasteiger partial charge in [0.2, 0.25) is 0 Å². The second-order valence-electron chi connectivity index (χ2n) is 4.49. The van der Waals surface area contributed by atoms with Gasteiger partial charge in [-0.25, -0.2) is 4.79 Å². The molecule has 0 aliphatic rings. The van der Waals surface area contributed by atoms with E-state index in [4.69, 9.17) is 9.84 Å². The summed E-state index contributed by atoms with van der Waals surface area (Å²) in [6.07, 6.45) is 5.80. The number of hydrogen-bond donors (Lipinski definition) is 1. The Morgan fingerprint density at radius 1 is 1.05 bits per heavy atom. The van der Waals surface area contributed by atoms with Crippen molar-refractivity contribution in [3.63, 3.8) is 0 Å². The van der Waals surface area contributed by atoms with Gasteiger partial charge in [0.15, 0.2) is 0 Å². The molecule has 0 atom stereocenters. The molecule has 1 N–H and O–H groups in total. The van der Waals surface area contributed by atoms with Crippen LogP contribution < -0.4 is 0 Å². The number of carbonyl (C=O) groups excluding carboxylic acids is 2. The summed E-state index contributed by atoms with van der Waals surface area (Å²) in [5.41, 5.74) is 1.38. The number of hydrogen-bond acceptors (Lipinski definition) is 4. The van der Waals surface area contributed by atoms with E-state index < -0.39 is 11.9 Å². The zero-order valence-electron chi connectivity index (χ0n) is 11.7. The van der Waals surface area contributed by atoms with Crippen molar-refractivity contribution in [3.8, 4) is 0 Å². The molecule has 112 valence electrons. The highest BCUT2D eigenvalue weighted by Crippen LogP contribution is 2.05. The van der Waals surface area contributed by atoms with Crippen LogP contribution in [0.5, 0.6) is 0 Å². The molecule has 0 aliphatic heterocycles. The highest BCUT2D eigenvalue weighted by molar-refractivity contribution is 5.87. The second-order valence-corrected chi connectivity index (χ2v) is 4.49. The number of aliphatic carboxylic acids is 1. The van der Waals surface area contributed by atoms with Crippen LogP contribution in [0.2, 0.25) is 0 Å². The topological polar surface area (TPSA) is 80.7 Å². The summed E-state index contributed by atoms with van der Waals surface area (Å²) in [7, 11) is 0. The predicted octanol–water partition coefficient (Wildman–Crippen LogP) is 2.70. The molecule has 5 heteroatoms. The zero-order chi connectivity index (χ0) is 15.5. The Hall–Kier alpha value is -2.43. The van der Waals surface area contributed by atoms with Crippen LogP contribution in [-0.4, -0.2) is 29.9 Å². The van der Waals surface area contributed by atoms with Crippen molar-refractivity contribution in [3.05, 3.63) is 41.5 Å². The standard InChI is InChI=1S/C16H18O5/c17-12-14-7-5-13(6-8-14)9-10-16(20)21-11-3-1-2-4-15(18)19/h5-10,12H,1-4,11H2,(H,18,19). The molecule has 0 spiro atoms. The number of esters is 1. The van der Waals surface area contributed by atoms with Gasteiger partial charge in [-0.2, -0.15) is 0 Å². The number of benzene rings is 1. The van der Waals surface area contributed by atoms with Gasteiger partial charge in [-0.05, 0) is 30.9 Å². The number of aldehydes is 1. The lowest BCUT2D eigenvalue weighted by atomic mass is 10.1. The van der Waals surface area contributed by atoms with E-state index in [1.807, 2.05) is 0 Å². The van der Waals surface area contributed by atoms with Crippen LogP contribution in [0.25, 0.3) is 6.08 Å². The predicted molar refractivity (Wildman–Crippen MR) is 77.9 cm³/mol. The van der Waals surface area contributed by atoms with E-state index in [-0.39, 0.29) is 13.0 Å². The lowest BCUT2D eigenvalue weighted by Crippen LogP contribution is -2.02. The second kappa shape index (κ2) is 9.47. The van der Waals surface area contributed by atoms with E-state index in [0.717, 1.165) is 18.3 Å². The van der Waals surface area contributed by atoms with Crippen LogP contribution in [0.4, 0.5) is 0 Å². The Bertz CT molecular complexity index is 502. The molecule has 0 amide bonds. The SMILES string of the molecule is O=Cc1ccc(C=CC(=O)OCCCCCC(=O)O)cc1. The van der Waals surface area contributed by atoms with Crippen molar-refractivity contribution in [1.29, 1.82) is 0 Å². The maximum Gasteiger partial charge on any atom is 0.330 e.